The topological polar surface area (TPSA) is 104 Å². The first kappa shape index (κ1) is 28.9. The molecular formula is C33H43N3O5. The van der Waals surface area contributed by atoms with E-state index in [1.165, 1.54) is 14.0 Å². The Hall–Kier alpha value is -6.70. The number of fused-ring (bicyclic) bond motifs is 2. The maximum atomic E-state index is 12.8. The van der Waals surface area contributed by atoms with Crippen molar-refractivity contribution in [3.8, 4) is 119 Å². The van der Waals surface area contributed by atoms with Crippen LogP contribution in [0.4, 0.5) is 0 Å². The Morgan fingerprint density at radius 2 is 1.41 bits per heavy atom. The van der Waals surface area contributed by atoms with Crippen LogP contribution in [0.5, 0.6) is 11.5 Å². The Bertz CT molecular complexity index is 1950. The molecule has 8 heteroatoms. The lowest BCUT2D eigenvalue weighted by Crippen LogP contribution is -2.52. The Morgan fingerprint density at radius 3 is 1.95 bits per heavy atom. The van der Waals surface area contributed by atoms with Gasteiger partial charge in [0.05, 0.1) is 6.10 Å². The summed E-state index contributed by atoms with van der Waals surface area (Å²) in [6.45, 7) is 1.52. The molecule has 3 N–H and O–H groups in total. The third-order valence-corrected chi connectivity index (χ3v) is 4.89. The molecule has 2 amide bonds. The van der Waals surface area contributed by atoms with Crippen molar-refractivity contribution in [2.24, 2.45) is 0 Å². The normalized spacial score (nSPS) is 10.5. The third-order valence-electron chi connectivity index (χ3n) is 4.89. The molecule has 1 aromatic heterocycles. The van der Waals surface area contributed by atoms with Crippen LogP contribution < -0.4 is 14.8 Å². The largest absolute Gasteiger partial charge is 0.454 e. The molecule has 3 rings (SSSR count). The number of nitrogens with one attached hydrogen (secondary N) is 2. The van der Waals surface area contributed by atoms with Crippen LogP contribution >= 0.6 is 0 Å². The highest BCUT2D eigenvalue weighted by Crippen LogP contribution is 2.36. The van der Waals surface area contributed by atoms with Crippen LogP contribution in [-0.2, 0) is 4.79 Å². The quantitative estimate of drug-likeness (QED) is 0.391. The van der Waals surface area contributed by atoms with Crippen LogP contribution in [0, 0.1) is 107 Å². The Kier molecular flexibility index (Phi) is 10.5. The SMILES string of the molecule is C#CC#CC#CC#CC#CC#CC#CC#CC#CN(C)C(=O)[C@@H](NC(=O)c1cc2cc3c(cc2[nH]1)OCO3)[C@@H](C)O.[HH].[HH].[HH].[HH].[HH].[HH].[HH].[HH].[HH].[HH].[HH].[HH].[HH]. The average molecular weight is 562 g/mol. The summed E-state index contributed by atoms with van der Waals surface area (Å²) in [5, 5.41) is 13.4. The Labute approximate surface area is 256 Å². The predicted molar refractivity (Wildman–Crippen MR) is 179 cm³/mol. The summed E-state index contributed by atoms with van der Waals surface area (Å²) in [5.41, 5.74) is 0.848. The number of likely N-dealkylation sites (N-methyl/N-ethyl adjacent to an activating group) is 1. The fourth-order valence-corrected chi connectivity index (χ4v) is 3.07. The maximum absolute atomic E-state index is 12.8. The summed E-state index contributed by atoms with van der Waals surface area (Å²) in [6, 6.07) is 6.33. The fourth-order valence-electron chi connectivity index (χ4n) is 3.07. The van der Waals surface area contributed by atoms with Gasteiger partial charge in [-0.2, -0.15) is 0 Å². The second-order valence-electron chi connectivity index (χ2n) is 7.70. The number of carbonyl (C=O) groups excluding carboxylic acids is 2. The molecule has 1 aliphatic heterocycles. The van der Waals surface area contributed by atoms with Crippen LogP contribution in [0.15, 0.2) is 18.2 Å². The summed E-state index contributed by atoms with van der Waals surface area (Å²) >= 11 is 0. The van der Waals surface area contributed by atoms with Crippen molar-refractivity contribution in [1.29, 1.82) is 0 Å². The Morgan fingerprint density at radius 1 is 0.902 bits per heavy atom. The van der Waals surface area contributed by atoms with Crippen molar-refractivity contribution in [1.82, 2.24) is 15.2 Å². The number of benzene rings is 1. The highest BCUT2D eigenvalue weighted by molar-refractivity contribution is 6.01. The zero-order chi connectivity index (χ0) is 29.5. The number of hydrogen-bond acceptors (Lipinski definition) is 5. The van der Waals surface area contributed by atoms with Crippen molar-refractivity contribution in [3.63, 3.8) is 0 Å². The number of hydrogen-bond donors (Lipinski definition) is 3. The molecule has 8 nitrogen and oxygen atoms in total. The molecule has 0 fully saturated rings. The first-order chi connectivity index (χ1) is 19.9. The van der Waals surface area contributed by atoms with Gasteiger partial charge in [-0.15, -0.1) is 6.42 Å². The van der Waals surface area contributed by atoms with E-state index >= 15 is 0 Å². The Balaban J connectivity index is -0.000000158. The zero-order valence-corrected chi connectivity index (χ0v) is 21.7. The van der Waals surface area contributed by atoms with Crippen LogP contribution in [0.1, 0.15) is 36.0 Å². The summed E-state index contributed by atoms with van der Waals surface area (Å²) in [5.74, 6) is 38.8. The van der Waals surface area contributed by atoms with E-state index in [9.17, 15) is 14.7 Å². The van der Waals surface area contributed by atoms with E-state index in [1.807, 2.05) is 0 Å². The van der Waals surface area contributed by atoms with Gasteiger partial charge >= 0.3 is 0 Å². The van der Waals surface area contributed by atoms with Crippen LogP contribution in [0.3, 0.4) is 0 Å². The van der Waals surface area contributed by atoms with Crippen molar-refractivity contribution >= 4 is 22.7 Å². The molecule has 0 bridgehead atoms. The average Bonchev–Trinajstić information content (AvgIpc) is 3.59. The predicted octanol–water partition coefficient (Wildman–Crippen LogP) is 3.65. The van der Waals surface area contributed by atoms with E-state index in [4.69, 9.17) is 15.9 Å². The molecular weight excluding hydrogens is 518 g/mol. The first-order valence-corrected chi connectivity index (χ1v) is 11.6. The van der Waals surface area contributed by atoms with Crippen molar-refractivity contribution < 1.29 is 42.7 Å². The molecule has 220 valence electrons. The molecule has 41 heavy (non-hydrogen) atoms. The molecule has 0 saturated carbocycles. The van der Waals surface area contributed by atoms with Crippen LogP contribution in [0.25, 0.3) is 10.9 Å². The van der Waals surface area contributed by atoms with Gasteiger partial charge < -0.3 is 24.9 Å². The third kappa shape index (κ3) is 8.68. The lowest BCUT2D eigenvalue weighted by molar-refractivity contribution is -0.131. The van der Waals surface area contributed by atoms with Crippen LogP contribution in [-0.4, -0.2) is 52.8 Å². The van der Waals surface area contributed by atoms with Crippen molar-refractivity contribution in [2.45, 2.75) is 19.1 Å². The van der Waals surface area contributed by atoms with Gasteiger partial charge in [-0.1, -0.05) is 0 Å². The highest BCUT2D eigenvalue weighted by Gasteiger charge is 2.29. The lowest BCUT2D eigenvalue weighted by atomic mass is 10.1. The molecule has 0 unspecified atom stereocenters. The standard InChI is InChI=1S/C33H17N3O5.13H2/c1-4-5-6-7-8-9-10-11-12-13-14-15-16-17-18-19-20-36(3)33(39)31(25(2)37)35-32(38)28-21-26-22-29-30(41-24-40-29)23-27(26)34-28;;;;;;;;;;;;;/h1,21-23,25,31,34,37H,24H2,2-3H3,(H,35,38);13*1H/t25-,31+;;;;;;;;;;;;;/m1............./s1. The maximum Gasteiger partial charge on any atom is 0.268 e. The summed E-state index contributed by atoms with van der Waals surface area (Å²) < 4.78 is 10.7. The number of aliphatic hydroxyl groups is 1. The van der Waals surface area contributed by atoms with E-state index in [1.54, 1.807) is 18.2 Å². The molecule has 1 aliphatic rings. The number of terminal acetylenes is 1. The van der Waals surface area contributed by atoms with Crippen molar-refractivity contribution in [2.75, 3.05) is 13.8 Å². The number of aliphatic hydroxyl groups excluding tert-OH is 1. The molecule has 0 saturated heterocycles. The minimum absolute atomic E-state index is 0. The molecule has 2 aromatic rings. The van der Waals surface area contributed by atoms with Gasteiger partial charge in [0.1, 0.15) is 11.7 Å². The molecule has 0 radical (unpaired) electrons. The van der Waals surface area contributed by atoms with Gasteiger partial charge in [-0.3, -0.25) is 14.5 Å². The van der Waals surface area contributed by atoms with Gasteiger partial charge in [-0.05, 0) is 66.4 Å². The second-order valence-corrected chi connectivity index (χ2v) is 7.70. The molecule has 0 spiro atoms. The van der Waals surface area contributed by atoms with E-state index in [0.29, 0.717) is 17.0 Å². The van der Waals surface area contributed by atoms with Gasteiger partial charge in [0, 0.05) is 96.0 Å². The van der Waals surface area contributed by atoms with E-state index < -0.39 is 24.0 Å². The number of aromatic nitrogens is 1. The van der Waals surface area contributed by atoms with Gasteiger partial charge in [-0.25, -0.2) is 0 Å². The zero-order valence-electron chi connectivity index (χ0n) is 21.7. The number of aromatic amines is 1. The summed E-state index contributed by atoms with van der Waals surface area (Å²) in [7, 11) is 1.39. The van der Waals surface area contributed by atoms with Gasteiger partial charge in [0.2, 0.25) is 6.79 Å². The molecule has 0 aliphatic carbocycles. The number of ether oxygens (including phenoxy) is 2. The second kappa shape index (κ2) is 14.9. The van der Waals surface area contributed by atoms with E-state index in [0.717, 1.165) is 10.3 Å². The minimum Gasteiger partial charge on any atom is -0.454 e. The number of H-pyrrole nitrogens is 1. The molecule has 2 atom stereocenters. The smallest absolute Gasteiger partial charge is 0.268 e. The first-order valence-electron chi connectivity index (χ1n) is 11.6. The minimum atomic E-state index is -1.26. The molecule has 2 heterocycles. The molecule has 1 aromatic carbocycles. The van der Waals surface area contributed by atoms with E-state index in [2.05, 4.69) is 111 Å². The summed E-state index contributed by atoms with van der Waals surface area (Å²) in [4.78, 5) is 29.6. The van der Waals surface area contributed by atoms with Gasteiger partial charge in [0.25, 0.3) is 11.8 Å². The van der Waals surface area contributed by atoms with Gasteiger partial charge in [0.15, 0.2) is 11.5 Å². The highest BCUT2D eigenvalue weighted by atomic mass is 16.7. The van der Waals surface area contributed by atoms with Crippen molar-refractivity contribution in [3.05, 3.63) is 23.9 Å². The number of carbonyl (C=O) groups is 2. The lowest BCUT2D eigenvalue weighted by Gasteiger charge is -2.22. The fraction of sp³-hybridized carbons (Fsp3) is 0.152. The van der Waals surface area contributed by atoms with E-state index in [-0.39, 0.29) is 31.0 Å². The monoisotopic (exact) mass is 561 g/mol. The summed E-state index contributed by atoms with van der Waals surface area (Å²) in [6.07, 6.45) is 3.74. The number of rotatable bonds is 4. The number of amides is 2. The van der Waals surface area contributed by atoms with Crippen LogP contribution in [0.2, 0.25) is 0 Å². The number of nitrogens with zero attached hydrogens (tertiary/aromatic N) is 1.